The average Bonchev–Trinajstić information content (AvgIpc) is 2.18. The van der Waals surface area contributed by atoms with Gasteiger partial charge in [0.2, 0.25) is 0 Å². The van der Waals surface area contributed by atoms with Gasteiger partial charge in [-0.25, -0.2) is 9.78 Å². The average molecular weight is 178 g/mol. The van der Waals surface area contributed by atoms with Gasteiger partial charge in [0, 0.05) is 6.20 Å². The van der Waals surface area contributed by atoms with E-state index < -0.39 is 0 Å². The molecule has 3 nitrogen and oxygen atoms in total. The highest BCUT2D eigenvalue weighted by atomic mass is 16.5. The molecule has 0 fully saturated rings. The summed E-state index contributed by atoms with van der Waals surface area (Å²) in [6, 6.07) is 3.48. The molecule has 0 saturated carbocycles. The smallest absolute Gasteiger partial charge is 0.356 e. The fourth-order valence-electron chi connectivity index (χ4n) is 0.898. The standard InChI is InChI=1S/C10H12NO2/c1-3-8-5-6-9(11-7-8)10(12)13-4-2/h5-7H,1,3-4H2,2H3. The van der Waals surface area contributed by atoms with Crippen molar-refractivity contribution in [1.82, 2.24) is 4.98 Å². The summed E-state index contributed by atoms with van der Waals surface area (Å²) in [6.45, 7) is 5.85. The summed E-state index contributed by atoms with van der Waals surface area (Å²) in [5.41, 5.74) is 1.35. The largest absolute Gasteiger partial charge is 0.461 e. The minimum atomic E-state index is -0.377. The highest BCUT2D eigenvalue weighted by Crippen LogP contribution is 2.02. The zero-order valence-electron chi connectivity index (χ0n) is 7.62. The first-order valence-electron chi connectivity index (χ1n) is 4.19. The van der Waals surface area contributed by atoms with Crippen LogP contribution in [-0.4, -0.2) is 17.6 Å². The maximum atomic E-state index is 11.1. The van der Waals surface area contributed by atoms with Gasteiger partial charge in [0.25, 0.3) is 0 Å². The highest BCUT2D eigenvalue weighted by molar-refractivity contribution is 5.87. The first kappa shape index (κ1) is 9.71. The molecule has 1 heterocycles. The Morgan fingerprint density at radius 1 is 1.62 bits per heavy atom. The second kappa shape index (κ2) is 4.60. The van der Waals surface area contributed by atoms with Gasteiger partial charge in [-0.3, -0.25) is 0 Å². The predicted octanol–water partition coefficient (Wildman–Crippen LogP) is 1.63. The van der Waals surface area contributed by atoms with Crippen molar-refractivity contribution in [3.8, 4) is 0 Å². The van der Waals surface area contributed by atoms with Crippen molar-refractivity contribution in [2.45, 2.75) is 13.3 Å². The number of hydrogen-bond donors (Lipinski definition) is 0. The molecule has 69 valence electrons. The van der Waals surface area contributed by atoms with Gasteiger partial charge < -0.3 is 4.74 Å². The lowest BCUT2D eigenvalue weighted by Gasteiger charge is -2.00. The minimum Gasteiger partial charge on any atom is -0.461 e. The number of carbonyl (C=O) groups excluding carboxylic acids is 1. The van der Waals surface area contributed by atoms with Gasteiger partial charge in [-0.1, -0.05) is 6.07 Å². The van der Waals surface area contributed by atoms with E-state index in [1.54, 1.807) is 19.2 Å². The summed E-state index contributed by atoms with van der Waals surface area (Å²) in [4.78, 5) is 15.1. The molecule has 1 radical (unpaired) electrons. The minimum absolute atomic E-state index is 0.346. The molecule has 0 aromatic carbocycles. The Balaban J connectivity index is 2.74. The van der Waals surface area contributed by atoms with Crippen molar-refractivity contribution in [1.29, 1.82) is 0 Å². The molecule has 0 aliphatic heterocycles. The molecule has 0 unspecified atom stereocenters. The Morgan fingerprint density at radius 3 is 2.85 bits per heavy atom. The second-order valence-corrected chi connectivity index (χ2v) is 2.52. The lowest BCUT2D eigenvalue weighted by Crippen LogP contribution is -2.06. The maximum Gasteiger partial charge on any atom is 0.356 e. The van der Waals surface area contributed by atoms with Crippen LogP contribution in [0.15, 0.2) is 18.3 Å². The third kappa shape index (κ3) is 2.54. The van der Waals surface area contributed by atoms with Crippen molar-refractivity contribution in [3.63, 3.8) is 0 Å². The van der Waals surface area contributed by atoms with E-state index in [1.807, 2.05) is 6.07 Å². The van der Waals surface area contributed by atoms with E-state index in [9.17, 15) is 4.79 Å². The molecule has 0 saturated heterocycles. The summed E-state index contributed by atoms with van der Waals surface area (Å²) in [5.74, 6) is -0.377. The van der Waals surface area contributed by atoms with Gasteiger partial charge in [0.15, 0.2) is 0 Å². The second-order valence-electron chi connectivity index (χ2n) is 2.52. The summed E-state index contributed by atoms with van der Waals surface area (Å²) < 4.78 is 4.78. The van der Waals surface area contributed by atoms with E-state index in [4.69, 9.17) is 4.74 Å². The number of rotatable bonds is 3. The number of pyridine rings is 1. The van der Waals surface area contributed by atoms with Crippen LogP contribution in [0.3, 0.4) is 0 Å². The zero-order valence-corrected chi connectivity index (χ0v) is 7.62. The SMILES string of the molecule is [CH2]Cc1ccc(C(=O)OCC)nc1. The third-order valence-electron chi connectivity index (χ3n) is 1.60. The van der Waals surface area contributed by atoms with E-state index in [0.29, 0.717) is 18.7 Å². The van der Waals surface area contributed by atoms with Crippen LogP contribution in [0, 0.1) is 6.92 Å². The Morgan fingerprint density at radius 2 is 2.38 bits per heavy atom. The van der Waals surface area contributed by atoms with Gasteiger partial charge >= 0.3 is 5.97 Å². The highest BCUT2D eigenvalue weighted by Gasteiger charge is 2.06. The van der Waals surface area contributed by atoms with Crippen molar-refractivity contribution < 1.29 is 9.53 Å². The van der Waals surface area contributed by atoms with E-state index in [-0.39, 0.29) is 5.97 Å². The van der Waals surface area contributed by atoms with Crippen LogP contribution in [0.2, 0.25) is 0 Å². The fourth-order valence-corrected chi connectivity index (χ4v) is 0.898. The van der Waals surface area contributed by atoms with Crippen LogP contribution in [0.5, 0.6) is 0 Å². The summed E-state index contributed by atoms with van der Waals surface area (Å²) >= 11 is 0. The van der Waals surface area contributed by atoms with E-state index in [0.717, 1.165) is 5.56 Å². The van der Waals surface area contributed by atoms with Crippen LogP contribution in [0.1, 0.15) is 23.0 Å². The van der Waals surface area contributed by atoms with Gasteiger partial charge in [-0.2, -0.15) is 0 Å². The van der Waals surface area contributed by atoms with Crippen molar-refractivity contribution in [2.24, 2.45) is 0 Å². The number of ether oxygens (including phenoxy) is 1. The Bertz CT molecular complexity index is 279. The fraction of sp³-hybridized carbons (Fsp3) is 0.300. The van der Waals surface area contributed by atoms with E-state index in [1.165, 1.54) is 0 Å². The molecule has 13 heavy (non-hydrogen) atoms. The topological polar surface area (TPSA) is 39.2 Å². The predicted molar refractivity (Wildman–Crippen MR) is 49.3 cm³/mol. The number of carbonyl (C=O) groups is 1. The first-order valence-corrected chi connectivity index (χ1v) is 4.19. The summed E-state index contributed by atoms with van der Waals surface area (Å²) in [5, 5.41) is 0. The monoisotopic (exact) mass is 178 g/mol. The molecule has 0 atom stereocenters. The van der Waals surface area contributed by atoms with Crippen LogP contribution in [0.4, 0.5) is 0 Å². The van der Waals surface area contributed by atoms with Crippen LogP contribution < -0.4 is 0 Å². The summed E-state index contributed by atoms with van der Waals surface area (Å²) in [7, 11) is 0. The van der Waals surface area contributed by atoms with Crippen molar-refractivity contribution >= 4 is 5.97 Å². The van der Waals surface area contributed by atoms with Crippen molar-refractivity contribution in [2.75, 3.05) is 6.61 Å². The van der Waals surface area contributed by atoms with Crippen LogP contribution in [-0.2, 0) is 11.2 Å². The van der Waals surface area contributed by atoms with E-state index >= 15 is 0 Å². The van der Waals surface area contributed by atoms with Gasteiger partial charge in [-0.05, 0) is 31.9 Å². The van der Waals surface area contributed by atoms with E-state index in [2.05, 4.69) is 11.9 Å². The molecule has 0 bridgehead atoms. The van der Waals surface area contributed by atoms with Gasteiger partial charge in [-0.15, -0.1) is 0 Å². The third-order valence-corrected chi connectivity index (χ3v) is 1.60. The molecule has 1 rings (SSSR count). The lowest BCUT2D eigenvalue weighted by molar-refractivity contribution is 0.0519. The molecule has 0 aliphatic carbocycles. The Kier molecular flexibility index (Phi) is 3.43. The molecule has 0 aliphatic rings. The van der Waals surface area contributed by atoms with Crippen LogP contribution in [0.25, 0.3) is 0 Å². The maximum absolute atomic E-state index is 11.1. The molecule has 0 N–H and O–H groups in total. The molecule has 3 heteroatoms. The first-order chi connectivity index (χ1) is 6.27. The molecule has 0 amide bonds. The molecular weight excluding hydrogens is 166 g/mol. The summed E-state index contributed by atoms with van der Waals surface area (Å²) in [6.07, 6.45) is 2.31. The Hall–Kier alpha value is -1.38. The quantitative estimate of drug-likeness (QED) is 0.660. The number of nitrogens with zero attached hydrogens (tertiary/aromatic N) is 1. The van der Waals surface area contributed by atoms with Gasteiger partial charge in [0.05, 0.1) is 6.61 Å². The van der Waals surface area contributed by atoms with Crippen molar-refractivity contribution in [3.05, 3.63) is 36.5 Å². The number of aromatic nitrogens is 1. The number of esters is 1. The molecular formula is C10H12NO2. The molecule has 1 aromatic rings. The zero-order chi connectivity index (χ0) is 9.68. The molecule has 1 aromatic heterocycles. The van der Waals surface area contributed by atoms with Crippen LogP contribution >= 0.6 is 0 Å². The normalized spacial score (nSPS) is 9.69. The molecule has 0 spiro atoms. The lowest BCUT2D eigenvalue weighted by atomic mass is 10.2. The van der Waals surface area contributed by atoms with Gasteiger partial charge in [0.1, 0.15) is 5.69 Å². The number of hydrogen-bond acceptors (Lipinski definition) is 3. The Labute approximate surface area is 77.8 Å².